The highest BCUT2D eigenvalue weighted by Gasteiger charge is 2.28. The van der Waals surface area contributed by atoms with Crippen molar-refractivity contribution in [1.29, 1.82) is 0 Å². The minimum Gasteiger partial charge on any atom is -0.335 e. The smallest absolute Gasteiger partial charge is 0.335 e. The molecule has 1 amide bonds. The van der Waals surface area contributed by atoms with Crippen molar-refractivity contribution in [3.05, 3.63) is 46.3 Å². The minimum absolute atomic E-state index is 0.0468. The molecule has 0 radical (unpaired) electrons. The zero-order valence-electron chi connectivity index (χ0n) is 15.3. The second kappa shape index (κ2) is 6.07. The van der Waals surface area contributed by atoms with Gasteiger partial charge >= 0.3 is 5.69 Å². The van der Waals surface area contributed by atoms with E-state index in [1.54, 1.807) is 18.8 Å². The molecule has 140 valence electrons. The van der Waals surface area contributed by atoms with Crippen molar-refractivity contribution < 1.29 is 4.79 Å². The van der Waals surface area contributed by atoms with Crippen molar-refractivity contribution in [2.24, 2.45) is 13.0 Å². The molecule has 1 saturated carbocycles. The summed E-state index contributed by atoms with van der Waals surface area (Å²) < 4.78 is 5.07. The van der Waals surface area contributed by atoms with Gasteiger partial charge in [0, 0.05) is 45.0 Å². The summed E-state index contributed by atoms with van der Waals surface area (Å²) in [5.74, 6) is 1.30. The zero-order chi connectivity index (χ0) is 18.5. The molecular formula is C19H22N6O2. The first-order chi connectivity index (χ1) is 13.1. The number of fused-ring (bicyclic) bond motifs is 2. The Morgan fingerprint density at radius 2 is 1.96 bits per heavy atom. The van der Waals surface area contributed by atoms with Gasteiger partial charge in [-0.05, 0) is 24.8 Å². The first kappa shape index (κ1) is 16.3. The van der Waals surface area contributed by atoms with Gasteiger partial charge in [0.1, 0.15) is 5.82 Å². The average molecular weight is 366 g/mol. The summed E-state index contributed by atoms with van der Waals surface area (Å²) in [5, 5.41) is 9.82. The summed E-state index contributed by atoms with van der Waals surface area (Å²) in [6.45, 7) is 2.24. The molecule has 2 aromatic heterocycles. The molecule has 8 heteroatoms. The van der Waals surface area contributed by atoms with Gasteiger partial charge in [0.15, 0.2) is 5.69 Å². The van der Waals surface area contributed by atoms with Gasteiger partial charge in [0.2, 0.25) is 0 Å². The third-order valence-electron chi connectivity index (χ3n) is 5.57. The Morgan fingerprint density at radius 3 is 2.78 bits per heavy atom. The SMILES string of the molecule is Cn1nc(C(=O)N2CCc3nn(CC4CC4)c(=O)n3CC2)c2ccccc21. The second-order valence-corrected chi connectivity index (χ2v) is 7.51. The van der Waals surface area contributed by atoms with Crippen LogP contribution >= 0.6 is 0 Å². The van der Waals surface area contributed by atoms with Gasteiger partial charge in [0.25, 0.3) is 5.91 Å². The predicted octanol–water partition coefficient (Wildman–Crippen LogP) is 1.04. The van der Waals surface area contributed by atoms with Crippen LogP contribution in [0.15, 0.2) is 29.1 Å². The number of aryl methyl sites for hydroxylation is 1. The van der Waals surface area contributed by atoms with Crippen LogP contribution in [-0.4, -0.2) is 48.0 Å². The fourth-order valence-corrected chi connectivity index (χ4v) is 3.85. The molecule has 0 unspecified atom stereocenters. The van der Waals surface area contributed by atoms with E-state index in [1.807, 2.05) is 31.3 Å². The van der Waals surface area contributed by atoms with E-state index in [2.05, 4.69) is 10.2 Å². The zero-order valence-corrected chi connectivity index (χ0v) is 15.3. The van der Waals surface area contributed by atoms with Gasteiger partial charge in [-0.25, -0.2) is 9.48 Å². The lowest BCUT2D eigenvalue weighted by atomic mass is 10.2. The molecule has 1 aliphatic carbocycles. The molecule has 1 fully saturated rings. The van der Waals surface area contributed by atoms with Crippen LogP contribution in [0.2, 0.25) is 0 Å². The molecule has 0 atom stereocenters. The topological polar surface area (TPSA) is 78.0 Å². The highest BCUT2D eigenvalue weighted by Crippen LogP contribution is 2.30. The van der Waals surface area contributed by atoms with E-state index in [0.29, 0.717) is 37.7 Å². The first-order valence-corrected chi connectivity index (χ1v) is 9.49. The fourth-order valence-electron chi connectivity index (χ4n) is 3.85. The Morgan fingerprint density at radius 1 is 1.15 bits per heavy atom. The maximum Gasteiger partial charge on any atom is 0.345 e. The molecular weight excluding hydrogens is 344 g/mol. The summed E-state index contributed by atoms with van der Waals surface area (Å²) >= 11 is 0. The quantitative estimate of drug-likeness (QED) is 0.694. The van der Waals surface area contributed by atoms with Crippen LogP contribution < -0.4 is 5.69 Å². The van der Waals surface area contributed by atoms with E-state index < -0.39 is 0 Å². The predicted molar refractivity (Wildman–Crippen MR) is 99.5 cm³/mol. The molecule has 1 aromatic carbocycles. The molecule has 0 bridgehead atoms. The molecule has 2 aliphatic rings. The van der Waals surface area contributed by atoms with Gasteiger partial charge in [-0.3, -0.25) is 14.0 Å². The number of carbonyl (C=O) groups excluding carboxylic acids is 1. The molecule has 3 aromatic rings. The lowest BCUT2D eigenvalue weighted by Gasteiger charge is -2.18. The molecule has 0 N–H and O–H groups in total. The largest absolute Gasteiger partial charge is 0.345 e. The van der Waals surface area contributed by atoms with Crippen molar-refractivity contribution in [1.82, 2.24) is 29.0 Å². The molecule has 1 aliphatic heterocycles. The Hall–Kier alpha value is -2.90. The van der Waals surface area contributed by atoms with Crippen molar-refractivity contribution in [3.63, 3.8) is 0 Å². The van der Waals surface area contributed by atoms with Gasteiger partial charge in [-0.15, -0.1) is 0 Å². The molecule has 5 rings (SSSR count). The molecule has 8 nitrogen and oxygen atoms in total. The maximum atomic E-state index is 13.1. The van der Waals surface area contributed by atoms with E-state index >= 15 is 0 Å². The van der Waals surface area contributed by atoms with Gasteiger partial charge in [0.05, 0.1) is 5.52 Å². The molecule has 3 heterocycles. The van der Waals surface area contributed by atoms with Crippen LogP contribution in [0.1, 0.15) is 29.2 Å². The average Bonchev–Trinajstić information content (AvgIpc) is 3.41. The monoisotopic (exact) mass is 366 g/mol. The Balaban J connectivity index is 1.39. The number of hydrogen-bond acceptors (Lipinski definition) is 4. The molecule has 27 heavy (non-hydrogen) atoms. The number of hydrogen-bond donors (Lipinski definition) is 0. The summed E-state index contributed by atoms with van der Waals surface area (Å²) in [5.41, 5.74) is 1.36. The molecule has 0 spiro atoms. The number of carbonyl (C=O) groups is 1. The minimum atomic E-state index is -0.0872. The highest BCUT2D eigenvalue weighted by atomic mass is 16.2. The van der Waals surface area contributed by atoms with Crippen LogP contribution in [0.5, 0.6) is 0 Å². The van der Waals surface area contributed by atoms with Crippen LogP contribution in [0.25, 0.3) is 10.9 Å². The Bertz CT molecular complexity index is 1090. The number of para-hydroxylation sites is 1. The van der Waals surface area contributed by atoms with Crippen LogP contribution in [-0.2, 0) is 26.6 Å². The van der Waals surface area contributed by atoms with E-state index in [0.717, 1.165) is 23.3 Å². The number of amides is 1. The maximum absolute atomic E-state index is 13.1. The standard InChI is InChI=1S/C19H22N6O2/c1-22-15-5-3-2-4-14(15)17(21-22)18(26)23-9-8-16-20-25(12-13-6-7-13)19(27)24(16)11-10-23/h2-5,13H,6-12H2,1H3. The van der Waals surface area contributed by atoms with Crippen molar-refractivity contribution >= 4 is 16.8 Å². The highest BCUT2D eigenvalue weighted by molar-refractivity contribution is 6.04. The summed E-state index contributed by atoms with van der Waals surface area (Å²) in [6.07, 6.45) is 2.97. The van der Waals surface area contributed by atoms with E-state index in [9.17, 15) is 9.59 Å². The van der Waals surface area contributed by atoms with Gasteiger partial charge in [-0.1, -0.05) is 18.2 Å². The van der Waals surface area contributed by atoms with Crippen molar-refractivity contribution in [3.8, 4) is 0 Å². The van der Waals surface area contributed by atoms with Crippen LogP contribution in [0.4, 0.5) is 0 Å². The lowest BCUT2D eigenvalue weighted by molar-refractivity contribution is 0.0753. The van der Waals surface area contributed by atoms with E-state index in [-0.39, 0.29) is 11.6 Å². The number of aromatic nitrogens is 5. The third-order valence-corrected chi connectivity index (χ3v) is 5.57. The van der Waals surface area contributed by atoms with Gasteiger partial charge in [-0.2, -0.15) is 10.2 Å². The number of rotatable bonds is 3. The second-order valence-electron chi connectivity index (χ2n) is 7.51. The summed E-state index contributed by atoms with van der Waals surface area (Å²) in [4.78, 5) is 27.5. The van der Waals surface area contributed by atoms with Gasteiger partial charge < -0.3 is 4.90 Å². The lowest BCUT2D eigenvalue weighted by Crippen LogP contribution is -2.35. The molecule has 0 saturated heterocycles. The van der Waals surface area contributed by atoms with Crippen LogP contribution in [0.3, 0.4) is 0 Å². The third kappa shape index (κ3) is 2.75. The summed E-state index contributed by atoms with van der Waals surface area (Å²) in [6, 6.07) is 7.74. The summed E-state index contributed by atoms with van der Waals surface area (Å²) in [7, 11) is 1.85. The van der Waals surface area contributed by atoms with Crippen LogP contribution in [0, 0.1) is 5.92 Å². The van der Waals surface area contributed by atoms with Crippen molar-refractivity contribution in [2.75, 3.05) is 13.1 Å². The van der Waals surface area contributed by atoms with E-state index in [4.69, 9.17) is 0 Å². The Kier molecular flexibility index (Phi) is 3.66. The number of benzene rings is 1. The Labute approximate surface area is 156 Å². The number of nitrogens with zero attached hydrogens (tertiary/aromatic N) is 6. The normalized spacial score (nSPS) is 17.1. The first-order valence-electron chi connectivity index (χ1n) is 9.49. The van der Waals surface area contributed by atoms with E-state index in [1.165, 1.54) is 12.8 Å². The van der Waals surface area contributed by atoms with Crippen molar-refractivity contribution in [2.45, 2.75) is 32.4 Å². The fraction of sp³-hybridized carbons (Fsp3) is 0.474.